The maximum Gasteiger partial charge on any atom is 0.336 e. The molecule has 1 amide bonds. The van der Waals surface area contributed by atoms with Crippen molar-refractivity contribution in [1.82, 2.24) is 5.32 Å². The van der Waals surface area contributed by atoms with Gasteiger partial charge in [-0.1, -0.05) is 12.1 Å². The largest absolute Gasteiger partial charge is 0.497 e. The fourth-order valence-electron chi connectivity index (χ4n) is 3.09. The van der Waals surface area contributed by atoms with Crippen LogP contribution in [0, 0.1) is 5.82 Å². The number of carbonyl (C=O) groups excluding carboxylic acids is 2. The van der Waals surface area contributed by atoms with E-state index in [1.54, 1.807) is 18.2 Å². The number of hydrogen-bond acceptors (Lipinski definition) is 6. The maximum atomic E-state index is 13.0. The molecule has 2 aromatic carbocycles. The van der Waals surface area contributed by atoms with E-state index in [4.69, 9.17) is 13.9 Å². The highest BCUT2D eigenvalue weighted by Crippen LogP contribution is 2.23. The number of benzene rings is 2. The lowest BCUT2D eigenvalue weighted by Gasteiger charge is -2.17. The fourth-order valence-corrected chi connectivity index (χ4v) is 3.09. The van der Waals surface area contributed by atoms with E-state index in [-0.39, 0.29) is 12.8 Å². The molecule has 0 aliphatic heterocycles. The molecule has 0 aliphatic rings. The summed E-state index contributed by atoms with van der Waals surface area (Å²) in [5, 5.41) is 3.23. The highest BCUT2D eigenvalue weighted by Gasteiger charge is 2.23. The van der Waals surface area contributed by atoms with Crippen LogP contribution in [-0.2, 0) is 27.2 Å². The van der Waals surface area contributed by atoms with Crippen LogP contribution >= 0.6 is 0 Å². The first-order valence-electron chi connectivity index (χ1n) is 9.12. The van der Waals surface area contributed by atoms with Gasteiger partial charge in [0, 0.05) is 23.9 Å². The van der Waals surface area contributed by atoms with Gasteiger partial charge in [0.05, 0.1) is 20.6 Å². The van der Waals surface area contributed by atoms with Crippen molar-refractivity contribution >= 4 is 22.8 Å². The predicted octanol–water partition coefficient (Wildman–Crippen LogP) is 2.38. The van der Waals surface area contributed by atoms with Gasteiger partial charge in [-0.15, -0.1) is 0 Å². The van der Waals surface area contributed by atoms with Crippen molar-refractivity contribution in [2.45, 2.75) is 18.9 Å². The molecule has 3 rings (SSSR count). The molecule has 1 heterocycles. The number of halogens is 1. The number of methoxy groups -OCH3 is 2. The third kappa shape index (κ3) is 5.02. The maximum absolute atomic E-state index is 13.0. The van der Waals surface area contributed by atoms with E-state index in [1.165, 1.54) is 44.6 Å². The minimum absolute atomic E-state index is 0.0241. The Balaban J connectivity index is 1.84. The lowest BCUT2D eigenvalue weighted by Crippen LogP contribution is -2.43. The average molecular weight is 413 g/mol. The summed E-state index contributed by atoms with van der Waals surface area (Å²) >= 11 is 0. The molecular weight excluding hydrogens is 393 g/mol. The summed E-state index contributed by atoms with van der Waals surface area (Å²) in [7, 11) is 2.71. The molecule has 0 bridgehead atoms. The van der Waals surface area contributed by atoms with Crippen molar-refractivity contribution in [2.24, 2.45) is 0 Å². The monoisotopic (exact) mass is 413 g/mol. The van der Waals surface area contributed by atoms with Gasteiger partial charge in [0.25, 0.3) is 0 Å². The summed E-state index contributed by atoms with van der Waals surface area (Å²) in [4.78, 5) is 36.7. The molecule has 3 aromatic rings. The summed E-state index contributed by atoms with van der Waals surface area (Å²) in [5.74, 6) is -0.985. The average Bonchev–Trinajstić information content (AvgIpc) is 2.73. The van der Waals surface area contributed by atoms with Gasteiger partial charge in [-0.05, 0) is 35.4 Å². The molecule has 30 heavy (non-hydrogen) atoms. The number of ether oxygens (including phenoxy) is 2. The molecule has 8 heteroatoms. The van der Waals surface area contributed by atoms with Gasteiger partial charge in [-0.3, -0.25) is 4.79 Å². The lowest BCUT2D eigenvalue weighted by molar-refractivity contribution is -0.145. The van der Waals surface area contributed by atoms with Crippen molar-refractivity contribution in [2.75, 3.05) is 14.2 Å². The Kier molecular flexibility index (Phi) is 6.46. The van der Waals surface area contributed by atoms with Crippen LogP contribution in [0.3, 0.4) is 0 Å². The Morgan fingerprint density at radius 1 is 1.10 bits per heavy atom. The second kappa shape index (κ2) is 9.21. The summed E-state index contributed by atoms with van der Waals surface area (Å²) in [6, 6.07) is 10.7. The third-order valence-corrected chi connectivity index (χ3v) is 4.56. The second-order valence-corrected chi connectivity index (χ2v) is 6.60. The molecule has 1 atom stereocenters. The van der Waals surface area contributed by atoms with Gasteiger partial charge >= 0.3 is 11.6 Å². The molecule has 0 saturated carbocycles. The van der Waals surface area contributed by atoms with Gasteiger partial charge in [-0.25, -0.2) is 14.0 Å². The van der Waals surface area contributed by atoms with E-state index in [1.807, 2.05) is 0 Å². The molecular formula is C22H20FNO6. The van der Waals surface area contributed by atoms with Crippen molar-refractivity contribution in [3.63, 3.8) is 0 Å². The molecule has 0 saturated heterocycles. The number of rotatable bonds is 7. The molecule has 156 valence electrons. The molecule has 0 unspecified atom stereocenters. The van der Waals surface area contributed by atoms with Crippen LogP contribution in [-0.4, -0.2) is 32.1 Å². The van der Waals surface area contributed by atoms with Gasteiger partial charge < -0.3 is 19.2 Å². The lowest BCUT2D eigenvalue weighted by atomic mass is 10.0. The van der Waals surface area contributed by atoms with E-state index in [0.29, 0.717) is 27.8 Å². The van der Waals surface area contributed by atoms with Gasteiger partial charge in [0.15, 0.2) is 0 Å². The van der Waals surface area contributed by atoms with E-state index >= 15 is 0 Å². The summed E-state index contributed by atoms with van der Waals surface area (Å²) in [5.41, 5.74) is 0.821. The van der Waals surface area contributed by atoms with Crippen LogP contribution in [0.15, 0.2) is 57.7 Å². The number of fused-ring (bicyclic) bond motifs is 1. The topological polar surface area (TPSA) is 94.8 Å². The molecule has 0 fully saturated rings. The van der Waals surface area contributed by atoms with Crippen LogP contribution in [0.4, 0.5) is 4.39 Å². The number of carbonyl (C=O) groups is 2. The zero-order valence-electron chi connectivity index (χ0n) is 16.4. The summed E-state index contributed by atoms with van der Waals surface area (Å²) in [6.07, 6.45) is -0.0150. The first kappa shape index (κ1) is 21.0. The van der Waals surface area contributed by atoms with Crippen LogP contribution < -0.4 is 15.7 Å². The number of amides is 1. The molecule has 0 radical (unpaired) electrons. The normalized spacial score (nSPS) is 11.7. The SMILES string of the molecule is COC(=O)[C@H](Cc1cc(=O)oc2cc(OC)ccc12)NC(=O)Cc1ccc(F)cc1. The van der Waals surface area contributed by atoms with Crippen molar-refractivity contribution < 1.29 is 27.9 Å². The fraction of sp³-hybridized carbons (Fsp3) is 0.227. The number of hydrogen-bond donors (Lipinski definition) is 1. The summed E-state index contributed by atoms with van der Waals surface area (Å²) in [6.45, 7) is 0. The molecule has 1 aromatic heterocycles. The minimum Gasteiger partial charge on any atom is -0.497 e. The van der Waals surface area contributed by atoms with E-state index in [0.717, 1.165) is 0 Å². The Hall–Kier alpha value is -3.68. The highest BCUT2D eigenvalue weighted by atomic mass is 19.1. The van der Waals surface area contributed by atoms with Crippen LogP contribution in [0.25, 0.3) is 11.0 Å². The quantitative estimate of drug-likeness (QED) is 0.472. The molecule has 0 aliphatic carbocycles. The van der Waals surface area contributed by atoms with E-state index in [2.05, 4.69) is 5.32 Å². The molecule has 0 spiro atoms. The first-order chi connectivity index (χ1) is 14.4. The van der Waals surface area contributed by atoms with Crippen LogP contribution in [0.5, 0.6) is 5.75 Å². The Morgan fingerprint density at radius 2 is 1.83 bits per heavy atom. The van der Waals surface area contributed by atoms with Gasteiger partial charge in [0.2, 0.25) is 5.91 Å². The highest BCUT2D eigenvalue weighted by molar-refractivity contribution is 5.87. The van der Waals surface area contributed by atoms with Crippen molar-refractivity contribution in [3.05, 3.63) is 75.9 Å². The Bertz CT molecular complexity index is 1120. The zero-order valence-corrected chi connectivity index (χ0v) is 16.4. The van der Waals surface area contributed by atoms with E-state index < -0.39 is 29.4 Å². The molecule has 7 nitrogen and oxygen atoms in total. The van der Waals surface area contributed by atoms with Gasteiger partial charge in [-0.2, -0.15) is 0 Å². The van der Waals surface area contributed by atoms with Gasteiger partial charge in [0.1, 0.15) is 23.2 Å². The minimum atomic E-state index is -1.02. The first-order valence-corrected chi connectivity index (χ1v) is 9.12. The van der Waals surface area contributed by atoms with Crippen molar-refractivity contribution in [3.8, 4) is 5.75 Å². The number of nitrogens with one attached hydrogen (secondary N) is 1. The summed E-state index contributed by atoms with van der Waals surface area (Å²) < 4.78 is 28.2. The zero-order chi connectivity index (χ0) is 21.7. The van der Waals surface area contributed by atoms with Crippen LogP contribution in [0.2, 0.25) is 0 Å². The predicted molar refractivity (Wildman–Crippen MR) is 107 cm³/mol. The third-order valence-electron chi connectivity index (χ3n) is 4.56. The Labute approximate surface area is 171 Å². The van der Waals surface area contributed by atoms with Crippen molar-refractivity contribution in [1.29, 1.82) is 0 Å². The van der Waals surface area contributed by atoms with Crippen LogP contribution in [0.1, 0.15) is 11.1 Å². The standard InChI is InChI=1S/C22H20FNO6/c1-28-16-7-8-17-14(11-21(26)30-19(17)12-16)10-18(22(27)29-2)24-20(25)9-13-3-5-15(23)6-4-13/h3-8,11-12,18H,9-10H2,1-2H3,(H,24,25)/t18-/m0/s1. The van der Waals surface area contributed by atoms with E-state index in [9.17, 15) is 18.8 Å². The smallest absolute Gasteiger partial charge is 0.336 e. The second-order valence-electron chi connectivity index (χ2n) is 6.60. The Morgan fingerprint density at radius 3 is 2.50 bits per heavy atom. The number of esters is 1. The molecule has 1 N–H and O–H groups in total.